The fourth-order valence-corrected chi connectivity index (χ4v) is 2.70. The number of methoxy groups -OCH3 is 1. The van der Waals surface area contributed by atoms with Crippen molar-refractivity contribution in [2.24, 2.45) is 5.10 Å². The van der Waals surface area contributed by atoms with Gasteiger partial charge in [0, 0.05) is 11.8 Å². The van der Waals surface area contributed by atoms with E-state index in [-0.39, 0.29) is 0 Å². The third-order valence-electron chi connectivity index (χ3n) is 4.11. The van der Waals surface area contributed by atoms with Gasteiger partial charge in [-0.3, -0.25) is 5.43 Å². The number of ether oxygens (including phenoxy) is 2. The molecule has 29 heavy (non-hydrogen) atoms. The number of hydrazone groups is 1. The minimum atomic E-state index is 0.396. The van der Waals surface area contributed by atoms with E-state index in [4.69, 9.17) is 21.7 Å². The molecule has 5 nitrogen and oxygen atoms in total. The third kappa shape index (κ3) is 6.62. The van der Waals surface area contributed by atoms with Crippen molar-refractivity contribution in [1.82, 2.24) is 5.43 Å². The highest BCUT2D eigenvalue weighted by atomic mass is 32.1. The smallest absolute Gasteiger partial charge is 0.191 e. The highest BCUT2D eigenvalue weighted by molar-refractivity contribution is 7.80. The second-order valence-corrected chi connectivity index (χ2v) is 6.81. The Balaban J connectivity index is 1.46. The fourth-order valence-electron chi connectivity index (χ4n) is 2.53. The SMILES string of the molecule is COc1cccc(NC(=S)N/N=C\c2ccc(OCc3ccc(C)cc3)cc2)c1. The molecule has 0 aromatic heterocycles. The first-order valence-corrected chi connectivity index (χ1v) is 9.56. The summed E-state index contributed by atoms with van der Waals surface area (Å²) in [6.45, 7) is 2.61. The summed E-state index contributed by atoms with van der Waals surface area (Å²) in [5.74, 6) is 1.57. The molecule has 0 radical (unpaired) electrons. The summed E-state index contributed by atoms with van der Waals surface area (Å²) < 4.78 is 11.0. The molecule has 0 aliphatic rings. The monoisotopic (exact) mass is 405 g/mol. The van der Waals surface area contributed by atoms with E-state index >= 15 is 0 Å². The highest BCUT2D eigenvalue weighted by Crippen LogP contribution is 2.16. The normalized spacial score (nSPS) is 10.6. The third-order valence-corrected chi connectivity index (χ3v) is 4.31. The van der Waals surface area contributed by atoms with Crippen molar-refractivity contribution in [2.75, 3.05) is 12.4 Å². The number of nitrogens with zero attached hydrogens (tertiary/aromatic N) is 1. The van der Waals surface area contributed by atoms with Crippen molar-refractivity contribution in [3.05, 3.63) is 89.5 Å². The molecule has 2 N–H and O–H groups in total. The quantitative estimate of drug-likeness (QED) is 0.333. The molecule has 0 aliphatic carbocycles. The Morgan fingerprint density at radius 3 is 2.48 bits per heavy atom. The van der Waals surface area contributed by atoms with Crippen LogP contribution in [0.4, 0.5) is 5.69 Å². The number of rotatable bonds is 7. The number of anilines is 1. The van der Waals surface area contributed by atoms with Crippen LogP contribution >= 0.6 is 12.2 Å². The molecule has 3 rings (SSSR count). The Bertz CT molecular complexity index is 970. The average molecular weight is 406 g/mol. The minimum Gasteiger partial charge on any atom is -0.497 e. The van der Waals surface area contributed by atoms with Gasteiger partial charge in [0.05, 0.1) is 13.3 Å². The second kappa shape index (κ2) is 10.2. The molecule has 0 amide bonds. The predicted octanol–water partition coefficient (Wildman–Crippen LogP) is 4.90. The second-order valence-electron chi connectivity index (χ2n) is 6.40. The molecule has 0 saturated heterocycles. The standard InChI is InChI=1S/C23H23N3O2S/c1-17-6-8-19(9-7-17)16-28-21-12-10-18(11-13-21)15-24-26-23(29)25-20-4-3-5-22(14-20)27-2/h3-15H,16H2,1-2H3,(H2,25,26,29)/b24-15-. The Hall–Kier alpha value is -3.38. The fraction of sp³-hybridized carbons (Fsp3) is 0.130. The summed E-state index contributed by atoms with van der Waals surface area (Å²) in [6.07, 6.45) is 1.70. The van der Waals surface area contributed by atoms with Gasteiger partial charge in [0.2, 0.25) is 0 Å². The summed E-state index contributed by atoms with van der Waals surface area (Å²) in [4.78, 5) is 0. The summed E-state index contributed by atoms with van der Waals surface area (Å²) in [7, 11) is 1.62. The Labute approximate surface area is 176 Å². The summed E-state index contributed by atoms with van der Waals surface area (Å²) in [6, 6.07) is 23.5. The Morgan fingerprint density at radius 2 is 1.76 bits per heavy atom. The zero-order chi connectivity index (χ0) is 20.5. The van der Waals surface area contributed by atoms with Crippen LogP contribution in [0.3, 0.4) is 0 Å². The zero-order valence-corrected chi connectivity index (χ0v) is 17.2. The largest absolute Gasteiger partial charge is 0.497 e. The molecular weight excluding hydrogens is 382 g/mol. The lowest BCUT2D eigenvalue weighted by atomic mass is 10.2. The molecule has 6 heteroatoms. The predicted molar refractivity (Wildman–Crippen MR) is 122 cm³/mol. The van der Waals surface area contributed by atoms with Crippen LogP contribution in [0.1, 0.15) is 16.7 Å². The van der Waals surface area contributed by atoms with Crippen LogP contribution in [-0.2, 0) is 6.61 Å². The summed E-state index contributed by atoms with van der Waals surface area (Å²) in [5.41, 5.74) is 6.94. The van der Waals surface area contributed by atoms with E-state index in [9.17, 15) is 0 Å². The van der Waals surface area contributed by atoms with Crippen molar-refractivity contribution in [3.8, 4) is 11.5 Å². The van der Waals surface area contributed by atoms with E-state index in [2.05, 4.69) is 47.0 Å². The molecule has 0 atom stereocenters. The number of thiocarbonyl (C=S) groups is 1. The van der Waals surface area contributed by atoms with Crippen LogP contribution in [0.15, 0.2) is 77.9 Å². The molecule has 0 fully saturated rings. The van der Waals surface area contributed by atoms with Gasteiger partial charge in [-0.1, -0.05) is 35.9 Å². The van der Waals surface area contributed by atoms with Crippen LogP contribution in [0.25, 0.3) is 0 Å². The summed E-state index contributed by atoms with van der Waals surface area (Å²) in [5, 5.41) is 7.61. The van der Waals surface area contributed by atoms with Gasteiger partial charge in [-0.15, -0.1) is 0 Å². The van der Waals surface area contributed by atoms with Crippen LogP contribution in [0.5, 0.6) is 11.5 Å². The van der Waals surface area contributed by atoms with Gasteiger partial charge in [0.1, 0.15) is 18.1 Å². The minimum absolute atomic E-state index is 0.396. The maximum Gasteiger partial charge on any atom is 0.191 e. The van der Waals surface area contributed by atoms with Crippen molar-refractivity contribution >= 4 is 29.2 Å². The molecular formula is C23H23N3O2S. The molecule has 0 saturated carbocycles. The topological polar surface area (TPSA) is 54.9 Å². The number of benzene rings is 3. The number of aryl methyl sites for hydroxylation is 1. The maximum absolute atomic E-state index is 5.81. The van der Waals surface area contributed by atoms with Gasteiger partial charge in [-0.2, -0.15) is 5.10 Å². The molecule has 0 unspecified atom stereocenters. The molecule has 0 spiro atoms. The van der Waals surface area contributed by atoms with Gasteiger partial charge >= 0.3 is 0 Å². The summed E-state index contributed by atoms with van der Waals surface area (Å²) >= 11 is 5.24. The van der Waals surface area contributed by atoms with E-state index in [1.165, 1.54) is 5.56 Å². The lowest BCUT2D eigenvalue weighted by molar-refractivity contribution is 0.306. The molecule has 148 valence electrons. The van der Waals surface area contributed by atoms with E-state index < -0.39 is 0 Å². The van der Waals surface area contributed by atoms with Crippen LogP contribution in [0.2, 0.25) is 0 Å². The van der Waals surface area contributed by atoms with Gasteiger partial charge in [-0.25, -0.2) is 0 Å². The van der Waals surface area contributed by atoms with Crippen molar-refractivity contribution in [3.63, 3.8) is 0 Å². The van der Waals surface area contributed by atoms with Crippen LogP contribution in [0, 0.1) is 6.92 Å². The number of hydrogen-bond donors (Lipinski definition) is 2. The van der Waals surface area contributed by atoms with Gasteiger partial charge in [0.25, 0.3) is 0 Å². The van der Waals surface area contributed by atoms with E-state index in [1.54, 1.807) is 13.3 Å². The lowest BCUT2D eigenvalue weighted by Crippen LogP contribution is -2.23. The van der Waals surface area contributed by atoms with E-state index in [1.807, 2.05) is 48.5 Å². The number of nitrogens with one attached hydrogen (secondary N) is 2. The first-order chi connectivity index (χ1) is 14.1. The van der Waals surface area contributed by atoms with Crippen LogP contribution in [-0.4, -0.2) is 18.4 Å². The Morgan fingerprint density at radius 1 is 1.00 bits per heavy atom. The maximum atomic E-state index is 5.81. The van der Waals surface area contributed by atoms with E-state index in [0.717, 1.165) is 28.3 Å². The number of hydrogen-bond acceptors (Lipinski definition) is 4. The molecule has 3 aromatic rings. The molecule has 3 aromatic carbocycles. The Kier molecular flexibility index (Phi) is 7.19. The highest BCUT2D eigenvalue weighted by Gasteiger charge is 1.99. The van der Waals surface area contributed by atoms with Crippen molar-refractivity contribution < 1.29 is 9.47 Å². The molecule has 0 aliphatic heterocycles. The van der Waals surface area contributed by atoms with Crippen molar-refractivity contribution in [2.45, 2.75) is 13.5 Å². The van der Waals surface area contributed by atoms with Crippen LogP contribution < -0.4 is 20.2 Å². The molecule has 0 bridgehead atoms. The van der Waals surface area contributed by atoms with Gasteiger partial charge < -0.3 is 14.8 Å². The first kappa shape index (κ1) is 20.4. The lowest BCUT2D eigenvalue weighted by Gasteiger charge is -2.08. The first-order valence-electron chi connectivity index (χ1n) is 9.15. The van der Waals surface area contributed by atoms with E-state index in [0.29, 0.717) is 11.7 Å². The molecule has 0 heterocycles. The van der Waals surface area contributed by atoms with Crippen molar-refractivity contribution in [1.29, 1.82) is 0 Å². The zero-order valence-electron chi connectivity index (χ0n) is 16.4. The van der Waals surface area contributed by atoms with Gasteiger partial charge in [-0.05, 0) is 66.7 Å². The average Bonchev–Trinajstić information content (AvgIpc) is 2.74. The van der Waals surface area contributed by atoms with Gasteiger partial charge in [0.15, 0.2) is 5.11 Å².